The third-order valence-corrected chi connectivity index (χ3v) is 4.66. The van der Waals surface area contributed by atoms with Gasteiger partial charge in [0.15, 0.2) is 0 Å². The molecule has 3 aromatic rings. The topological polar surface area (TPSA) is 65.1 Å². The lowest BCUT2D eigenvalue weighted by molar-refractivity contribution is 0.589. The quantitative estimate of drug-likeness (QED) is 0.729. The van der Waals surface area contributed by atoms with Gasteiger partial charge in [-0.15, -0.1) is 0 Å². The van der Waals surface area contributed by atoms with Crippen molar-refractivity contribution in [2.45, 2.75) is 4.90 Å². The molecule has 0 unspecified atom stereocenters. The Morgan fingerprint density at radius 2 is 1.74 bits per heavy atom. The zero-order valence-corrected chi connectivity index (χ0v) is 10.8. The number of fused-ring (bicyclic) bond motifs is 1. The van der Waals surface area contributed by atoms with E-state index in [1.807, 2.05) is 18.2 Å². The summed E-state index contributed by atoms with van der Waals surface area (Å²) in [4.78, 5) is 0.189. The Morgan fingerprint density at radius 1 is 0.947 bits per heavy atom. The van der Waals surface area contributed by atoms with E-state index in [9.17, 15) is 8.42 Å². The maximum atomic E-state index is 12.6. The monoisotopic (exact) mass is 272 g/mol. The second-order valence-electron chi connectivity index (χ2n) is 4.25. The average Bonchev–Trinajstić information content (AvgIpc) is 2.83. The minimum Gasteiger partial charge on any atom is -0.399 e. The maximum absolute atomic E-state index is 12.6. The SMILES string of the molecule is Nc1cccc(S(=O)(=O)n2ccc3ccccc32)c1. The lowest BCUT2D eigenvalue weighted by atomic mass is 10.3. The largest absolute Gasteiger partial charge is 0.399 e. The Balaban J connectivity index is 2.26. The minimum absolute atomic E-state index is 0.189. The van der Waals surface area contributed by atoms with Crippen LogP contribution in [0.25, 0.3) is 10.9 Å². The molecule has 2 N–H and O–H groups in total. The van der Waals surface area contributed by atoms with E-state index in [0.29, 0.717) is 11.2 Å². The molecule has 0 bridgehead atoms. The number of hydrogen-bond acceptors (Lipinski definition) is 3. The lowest BCUT2D eigenvalue weighted by Crippen LogP contribution is -2.11. The highest BCUT2D eigenvalue weighted by Crippen LogP contribution is 2.22. The van der Waals surface area contributed by atoms with Gasteiger partial charge in [0.05, 0.1) is 10.4 Å². The summed E-state index contributed by atoms with van der Waals surface area (Å²) in [5.41, 5.74) is 6.73. The standard InChI is InChI=1S/C14H12N2O2S/c15-12-5-3-6-13(10-12)19(17,18)16-9-8-11-4-1-2-7-14(11)16/h1-10H,15H2. The highest BCUT2D eigenvalue weighted by atomic mass is 32.2. The van der Waals surface area contributed by atoms with Crippen LogP contribution in [0.1, 0.15) is 0 Å². The van der Waals surface area contributed by atoms with E-state index < -0.39 is 10.0 Å². The summed E-state index contributed by atoms with van der Waals surface area (Å²) in [6.45, 7) is 0. The van der Waals surface area contributed by atoms with Crippen molar-refractivity contribution in [3.8, 4) is 0 Å². The van der Waals surface area contributed by atoms with Crippen LogP contribution in [-0.2, 0) is 10.0 Å². The van der Waals surface area contributed by atoms with Gasteiger partial charge in [0.25, 0.3) is 10.0 Å². The van der Waals surface area contributed by atoms with Gasteiger partial charge < -0.3 is 5.73 Å². The van der Waals surface area contributed by atoms with Crippen molar-refractivity contribution >= 4 is 26.6 Å². The van der Waals surface area contributed by atoms with Crippen LogP contribution in [0.5, 0.6) is 0 Å². The van der Waals surface area contributed by atoms with E-state index in [0.717, 1.165) is 5.39 Å². The average molecular weight is 272 g/mol. The van der Waals surface area contributed by atoms with Gasteiger partial charge >= 0.3 is 0 Å². The van der Waals surface area contributed by atoms with Crippen molar-refractivity contribution in [3.63, 3.8) is 0 Å². The van der Waals surface area contributed by atoms with Crippen molar-refractivity contribution in [2.75, 3.05) is 5.73 Å². The van der Waals surface area contributed by atoms with Gasteiger partial charge in [-0.2, -0.15) is 0 Å². The second-order valence-corrected chi connectivity index (χ2v) is 6.06. The second kappa shape index (κ2) is 4.13. The highest BCUT2D eigenvalue weighted by Gasteiger charge is 2.18. The first-order valence-corrected chi connectivity index (χ1v) is 7.20. The summed E-state index contributed by atoms with van der Waals surface area (Å²) in [6.07, 6.45) is 1.56. The molecule has 0 saturated heterocycles. The summed E-state index contributed by atoms with van der Waals surface area (Å²) in [5, 5.41) is 0.884. The van der Waals surface area contributed by atoms with Crippen LogP contribution in [0.15, 0.2) is 65.7 Å². The van der Waals surface area contributed by atoms with Crippen LogP contribution in [0.2, 0.25) is 0 Å². The molecule has 19 heavy (non-hydrogen) atoms. The zero-order chi connectivity index (χ0) is 13.5. The number of para-hydroxylation sites is 1. The molecule has 0 spiro atoms. The number of anilines is 1. The molecule has 0 atom stereocenters. The molecule has 0 saturated carbocycles. The molecule has 96 valence electrons. The van der Waals surface area contributed by atoms with Crippen LogP contribution < -0.4 is 5.73 Å². The summed E-state index contributed by atoms with van der Waals surface area (Å²) >= 11 is 0. The summed E-state index contributed by atoms with van der Waals surface area (Å²) in [5.74, 6) is 0. The van der Waals surface area contributed by atoms with E-state index in [-0.39, 0.29) is 4.90 Å². The first-order chi connectivity index (χ1) is 9.09. The van der Waals surface area contributed by atoms with Gasteiger partial charge in [-0.25, -0.2) is 12.4 Å². The van der Waals surface area contributed by atoms with E-state index in [1.54, 1.807) is 36.5 Å². The molecular weight excluding hydrogens is 260 g/mol. The molecule has 0 aliphatic heterocycles. The molecule has 0 fully saturated rings. The summed E-state index contributed by atoms with van der Waals surface area (Å²) in [6, 6.07) is 15.4. The molecule has 0 amide bonds. The first-order valence-electron chi connectivity index (χ1n) is 5.76. The van der Waals surface area contributed by atoms with Gasteiger partial charge in [-0.05, 0) is 30.3 Å². The molecule has 0 radical (unpaired) electrons. The lowest BCUT2D eigenvalue weighted by Gasteiger charge is -2.08. The van der Waals surface area contributed by atoms with Gasteiger partial charge in [0.2, 0.25) is 0 Å². The van der Waals surface area contributed by atoms with Crippen molar-refractivity contribution in [2.24, 2.45) is 0 Å². The molecule has 3 rings (SSSR count). The Bertz CT molecular complexity index is 851. The summed E-state index contributed by atoms with van der Waals surface area (Å²) < 4.78 is 26.4. The van der Waals surface area contributed by atoms with Crippen molar-refractivity contribution in [3.05, 3.63) is 60.8 Å². The van der Waals surface area contributed by atoms with E-state index >= 15 is 0 Å². The summed E-state index contributed by atoms with van der Waals surface area (Å²) in [7, 11) is -3.61. The first kappa shape index (κ1) is 11.8. The molecule has 1 heterocycles. The van der Waals surface area contributed by atoms with Gasteiger partial charge in [-0.1, -0.05) is 24.3 Å². The maximum Gasteiger partial charge on any atom is 0.268 e. The van der Waals surface area contributed by atoms with Crippen molar-refractivity contribution < 1.29 is 8.42 Å². The van der Waals surface area contributed by atoms with Gasteiger partial charge in [-0.3, -0.25) is 0 Å². The number of hydrogen-bond donors (Lipinski definition) is 1. The molecule has 0 aliphatic rings. The van der Waals surface area contributed by atoms with E-state index in [4.69, 9.17) is 5.73 Å². The van der Waals surface area contributed by atoms with Gasteiger partial charge in [0.1, 0.15) is 0 Å². The predicted octanol–water partition coefficient (Wildman–Crippen LogP) is 2.46. The van der Waals surface area contributed by atoms with Crippen molar-refractivity contribution in [1.29, 1.82) is 0 Å². The normalized spacial score (nSPS) is 11.8. The number of nitrogens with zero attached hydrogens (tertiary/aromatic N) is 1. The third-order valence-electron chi connectivity index (χ3n) is 2.98. The van der Waals surface area contributed by atoms with Gasteiger partial charge in [0, 0.05) is 17.3 Å². The number of nitrogens with two attached hydrogens (primary N) is 1. The molecule has 0 aliphatic carbocycles. The smallest absolute Gasteiger partial charge is 0.268 e. The van der Waals surface area contributed by atoms with Crippen molar-refractivity contribution in [1.82, 2.24) is 3.97 Å². The van der Waals surface area contributed by atoms with E-state index in [1.165, 1.54) is 10.0 Å². The number of aromatic nitrogens is 1. The van der Waals surface area contributed by atoms with Crippen LogP contribution in [0.3, 0.4) is 0 Å². The molecule has 5 heteroatoms. The molecule has 4 nitrogen and oxygen atoms in total. The Labute approximate surface area is 111 Å². The molecule has 1 aromatic heterocycles. The molecular formula is C14H12N2O2S. The fourth-order valence-electron chi connectivity index (χ4n) is 2.06. The minimum atomic E-state index is -3.61. The number of rotatable bonds is 2. The predicted molar refractivity (Wildman–Crippen MR) is 75.4 cm³/mol. The fourth-order valence-corrected chi connectivity index (χ4v) is 3.46. The zero-order valence-electron chi connectivity index (χ0n) is 10.0. The highest BCUT2D eigenvalue weighted by molar-refractivity contribution is 7.90. The molecule has 2 aromatic carbocycles. The number of benzene rings is 2. The van der Waals surface area contributed by atoms with E-state index in [2.05, 4.69) is 0 Å². The van der Waals surface area contributed by atoms with Crippen LogP contribution in [-0.4, -0.2) is 12.4 Å². The fraction of sp³-hybridized carbons (Fsp3) is 0. The van der Waals surface area contributed by atoms with Crippen LogP contribution >= 0.6 is 0 Å². The third kappa shape index (κ3) is 1.88. The Hall–Kier alpha value is -2.27. The van der Waals surface area contributed by atoms with Crippen LogP contribution in [0, 0.1) is 0 Å². The Kier molecular flexibility index (Phi) is 2.57. The Morgan fingerprint density at radius 3 is 2.53 bits per heavy atom. The van der Waals surface area contributed by atoms with Crippen LogP contribution in [0.4, 0.5) is 5.69 Å². The number of nitrogen functional groups attached to an aromatic ring is 1.